The van der Waals surface area contributed by atoms with Crippen molar-refractivity contribution in [3.63, 3.8) is 0 Å². The minimum atomic E-state index is -4.55. The van der Waals surface area contributed by atoms with Gasteiger partial charge < -0.3 is 24.6 Å². The molecule has 0 aromatic rings. The van der Waals surface area contributed by atoms with Crippen LogP contribution < -0.4 is 0 Å². The summed E-state index contributed by atoms with van der Waals surface area (Å²) in [6, 6.07) is 0. The Balaban J connectivity index is 4.61. The van der Waals surface area contributed by atoms with Gasteiger partial charge >= 0.3 is 19.8 Å². The highest BCUT2D eigenvalue weighted by molar-refractivity contribution is 7.47. The Morgan fingerprint density at radius 3 is 2.14 bits per heavy atom. The number of unbranched alkanes of at least 4 members (excludes halogenated alkanes) is 4. The summed E-state index contributed by atoms with van der Waals surface area (Å²) in [6.45, 7) is 1.86. The van der Waals surface area contributed by atoms with Crippen molar-refractivity contribution in [2.45, 2.75) is 77.4 Å². The fraction of sp³-hybridized carbons (Fsp3) is 0.889. The molecule has 3 atom stereocenters. The molecule has 0 aromatic heterocycles. The van der Waals surface area contributed by atoms with Crippen molar-refractivity contribution in [2.24, 2.45) is 0 Å². The van der Waals surface area contributed by atoms with E-state index >= 15 is 0 Å². The van der Waals surface area contributed by atoms with Crippen LogP contribution in [-0.4, -0.2) is 65.7 Å². The number of hydrogen-bond donors (Lipinski definition) is 3. The topological polar surface area (TPSA) is 149 Å². The molecule has 3 N–H and O–H groups in total. The maximum absolute atomic E-state index is 12.0. The van der Waals surface area contributed by atoms with Crippen LogP contribution in [0, 0.1) is 0 Å². The average Bonchev–Trinajstić information content (AvgIpc) is 2.69. The molecule has 0 rings (SSSR count). The normalized spacial score (nSPS) is 15.3. The van der Waals surface area contributed by atoms with E-state index in [0.717, 1.165) is 25.7 Å². The van der Waals surface area contributed by atoms with Crippen LogP contribution in [-0.2, 0) is 32.7 Å². The maximum atomic E-state index is 12.0. The first-order valence-electron chi connectivity index (χ1n) is 9.99. The number of ether oxygens (including phenoxy) is 2. The number of esters is 2. The van der Waals surface area contributed by atoms with Crippen LogP contribution in [0.2, 0.25) is 0 Å². The second-order valence-corrected chi connectivity index (χ2v) is 8.06. The summed E-state index contributed by atoms with van der Waals surface area (Å²) in [5.74, 6) is -0.992. The second kappa shape index (κ2) is 16.7. The number of aliphatic hydroxyl groups is 2. The Hall–Kier alpha value is -1.03. The molecule has 172 valence electrons. The van der Waals surface area contributed by atoms with Crippen LogP contribution >= 0.6 is 7.82 Å². The van der Waals surface area contributed by atoms with Gasteiger partial charge in [0.15, 0.2) is 6.10 Å². The molecule has 10 nitrogen and oxygen atoms in total. The molecule has 11 heteroatoms. The fourth-order valence-corrected chi connectivity index (χ4v) is 2.87. The summed E-state index contributed by atoms with van der Waals surface area (Å²) in [6.07, 6.45) is 3.01. The minimum absolute atomic E-state index is 0.177. The van der Waals surface area contributed by atoms with Gasteiger partial charge in [-0.25, -0.2) is 4.57 Å². The Labute approximate surface area is 172 Å². The van der Waals surface area contributed by atoms with Crippen LogP contribution in [0.5, 0.6) is 0 Å². The summed E-state index contributed by atoms with van der Waals surface area (Å²) in [5, 5.41) is 17.9. The molecule has 0 heterocycles. The zero-order chi connectivity index (χ0) is 22.1. The standard InChI is InChI=1S/C18H35O10P/c1-3-5-7-8-10-18(22)28-16(13-25-17(21)9-6-4-2)14-27-29(23,24)26-12-15(20)11-19/h15-16,19-20H,3-14H2,1-2H3,(H,23,24). The molecule has 0 aromatic carbocycles. The molecular weight excluding hydrogens is 407 g/mol. The lowest BCUT2D eigenvalue weighted by molar-refractivity contribution is -0.161. The van der Waals surface area contributed by atoms with E-state index < -0.39 is 51.8 Å². The Morgan fingerprint density at radius 2 is 1.52 bits per heavy atom. The molecule has 0 aliphatic rings. The maximum Gasteiger partial charge on any atom is 0.472 e. The van der Waals surface area contributed by atoms with E-state index in [9.17, 15) is 19.0 Å². The van der Waals surface area contributed by atoms with Gasteiger partial charge in [0, 0.05) is 12.8 Å². The summed E-state index contributed by atoms with van der Waals surface area (Å²) in [5.41, 5.74) is 0. The first-order valence-corrected chi connectivity index (χ1v) is 11.5. The van der Waals surface area contributed by atoms with E-state index in [-0.39, 0.29) is 19.4 Å². The van der Waals surface area contributed by atoms with Gasteiger partial charge in [-0.3, -0.25) is 18.6 Å². The van der Waals surface area contributed by atoms with Gasteiger partial charge in [-0.15, -0.1) is 0 Å². The molecule has 0 aliphatic carbocycles. The van der Waals surface area contributed by atoms with Gasteiger partial charge in [0.25, 0.3) is 0 Å². The van der Waals surface area contributed by atoms with Crippen molar-refractivity contribution in [1.29, 1.82) is 0 Å². The molecule has 0 bridgehead atoms. The summed E-state index contributed by atoms with van der Waals surface area (Å²) < 4.78 is 31.4. The van der Waals surface area contributed by atoms with E-state index in [1.54, 1.807) is 0 Å². The first kappa shape index (κ1) is 28.0. The predicted molar refractivity (Wildman–Crippen MR) is 104 cm³/mol. The van der Waals surface area contributed by atoms with Crippen molar-refractivity contribution in [2.75, 3.05) is 26.4 Å². The average molecular weight is 442 g/mol. The molecule has 0 amide bonds. The van der Waals surface area contributed by atoms with E-state index in [1.165, 1.54) is 0 Å². The molecule has 0 saturated carbocycles. The van der Waals surface area contributed by atoms with Gasteiger partial charge in [0.1, 0.15) is 12.7 Å². The lowest BCUT2D eigenvalue weighted by Gasteiger charge is -2.20. The molecule has 3 unspecified atom stereocenters. The number of carbonyl (C=O) groups excluding carboxylic acids is 2. The van der Waals surface area contributed by atoms with Crippen LogP contribution in [0.15, 0.2) is 0 Å². The van der Waals surface area contributed by atoms with Crippen molar-refractivity contribution < 1.29 is 47.8 Å². The molecule has 29 heavy (non-hydrogen) atoms. The van der Waals surface area contributed by atoms with Crippen LogP contribution in [0.1, 0.15) is 65.2 Å². The molecule has 0 radical (unpaired) electrons. The smallest absolute Gasteiger partial charge is 0.462 e. The number of hydrogen-bond acceptors (Lipinski definition) is 9. The van der Waals surface area contributed by atoms with E-state index in [0.29, 0.717) is 12.8 Å². The van der Waals surface area contributed by atoms with E-state index in [2.05, 4.69) is 4.52 Å². The third-order valence-electron chi connectivity index (χ3n) is 3.76. The van der Waals surface area contributed by atoms with Crippen molar-refractivity contribution in [3.05, 3.63) is 0 Å². The lowest BCUT2D eigenvalue weighted by atomic mass is 10.1. The van der Waals surface area contributed by atoms with Crippen LogP contribution in [0.3, 0.4) is 0 Å². The number of carbonyl (C=O) groups is 2. The Morgan fingerprint density at radius 1 is 0.897 bits per heavy atom. The van der Waals surface area contributed by atoms with Gasteiger partial charge in [0.2, 0.25) is 0 Å². The fourth-order valence-electron chi connectivity index (χ4n) is 2.08. The largest absolute Gasteiger partial charge is 0.472 e. The van der Waals surface area contributed by atoms with Crippen molar-refractivity contribution >= 4 is 19.8 Å². The predicted octanol–water partition coefficient (Wildman–Crippen LogP) is 2.09. The minimum Gasteiger partial charge on any atom is -0.462 e. The lowest BCUT2D eigenvalue weighted by Crippen LogP contribution is -2.29. The van der Waals surface area contributed by atoms with Gasteiger partial charge in [0.05, 0.1) is 19.8 Å². The highest BCUT2D eigenvalue weighted by Crippen LogP contribution is 2.43. The SMILES string of the molecule is CCCCCCC(=O)OC(COC(=O)CCCC)COP(=O)(O)OCC(O)CO. The quantitative estimate of drug-likeness (QED) is 0.164. The van der Waals surface area contributed by atoms with Crippen molar-refractivity contribution in [1.82, 2.24) is 0 Å². The zero-order valence-corrected chi connectivity index (χ0v) is 18.2. The number of phosphoric acid groups is 1. The van der Waals surface area contributed by atoms with Gasteiger partial charge in [-0.1, -0.05) is 39.5 Å². The molecule has 0 fully saturated rings. The zero-order valence-electron chi connectivity index (χ0n) is 17.3. The molecule has 0 saturated heterocycles. The summed E-state index contributed by atoms with van der Waals surface area (Å²) in [7, 11) is -4.55. The summed E-state index contributed by atoms with van der Waals surface area (Å²) in [4.78, 5) is 33.2. The van der Waals surface area contributed by atoms with Crippen LogP contribution in [0.4, 0.5) is 0 Å². The third-order valence-corrected chi connectivity index (χ3v) is 4.71. The highest BCUT2D eigenvalue weighted by atomic mass is 31.2. The van der Waals surface area contributed by atoms with Crippen LogP contribution in [0.25, 0.3) is 0 Å². The highest BCUT2D eigenvalue weighted by Gasteiger charge is 2.27. The second-order valence-electron chi connectivity index (χ2n) is 6.61. The monoisotopic (exact) mass is 442 g/mol. The number of phosphoric ester groups is 1. The van der Waals surface area contributed by atoms with E-state index in [4.69, 9.17) is 24.2 Å². The molecular formula is C18H35O10P. The Bertz CT molecular complexity index is 499. The van der Waals surface area contributed by atoms with Gasteiger partial charge in [-0.2, -0.15) is 0 Å². The molecule has 0 aliphatic heterocycles. The van der Waals surface area contributed by atoms with E-state index in [1.807, 2.05) is 13.8 Å². The van der Waals surface area contributed by atoms with Crippen molar-refractivity contribution in [3.8, 4) is 0 Å². The van der Waals surface area contributed by atoms with Gasteiger partial charge in [-0.05, 0) is 12.8 Å². The number of aliphatic hydroxyl groups excluding tert-OH is 2. The number of rotatable bonds is 18. The third kappa shape index (κ3) is 16.5. The summed E-state index contributed by atoms with van der Waals surface area (Å²) >= 11 is 0. The Kier molecular flexibility index (Phi) is 16.1. The molecule has 0 spiro atoms. The first-order chi connectivity index (χ1) is 13.7.